The summed E-state index contributed by atoms with van der Waals surface area (Å²) in [6.07, 6.45) is 3.26. The number of amides is 1. The van der Waals surface area contributed by atoms with Gasteiger partial charge in [0.15, 0.2) is 5.58 Å². The van der Waals surface area contributed by atoms with Crippen LogP contribution in [0.25, 0.3) is 21.9 Å². The molecule has 4 aromatic rings. The number of anilines is 2. The molecular weight excluding hydrogens is 382 g/mol. The summed E-state index contributed by atoms with van der Waals surface area (Å²) in [4.78, 5) is 23.5. The Balaban J connectivity index is 1.69. The van der Waals surface area contributed by atoms with Crippen molar-refractivity contribution in [2.24, 2.45) is 0 Å². The van der Waals surface area contributed by atoms with E-state index in [0.29, 0.717) is 23.6 Å². The molecule has 0 spiro atoms. The summed E-state index contributed by atoms with van der Waals surface area (Å²) < 4.78 is 11.2. The van der Waals surface area contributed by atoms with E-state index in [-0.39, 0.29) is 11.7 Å². The van der Waals surface area contributed by atoms with E-state index in [2.05, 4.69) is 20.6 Å². The van der Waals surface area contributed by atoms with Gasteiger partial charge in [-0.1, -0.05) is 6.07 Å². The zero-order valence-corrected chi connectivity index (χ0v) is 17.1. The van der Waals surface area contributed by atoms with Gasteiger partial charge in [-0.25, -0.2) is 4.98 Å². The normalized spacial score (nSPS) is 11.2. The van der Waals surface area contributed by atoms with E-state index in [0.717, 1.165) is 28.6 Å². The van der Waals surface area contributed by atoms with E-state index in [4.69, 9.17) is 9.15 Å². The lowest BCUT2D eigenvalue weighted by Gasteiger charge is -2.11. The van der Waals surface area contributed by atoms with E-state index >= 15 is 0 Å². The van der Waals surface area contributed by atoms with Gasteiger partial charge in [-0.15, -0.1) is 0 Å². The summed E-state index contributed by atoms with van der Waals surface area (Å²) in [7, 11) is 5.53. The first-order valence-corrected chi connectivity index (χ1v) is 9.57. The maximum absolute atomic E-state index is 12.8. The number of pyridine rings is 2. The van der Waals surface area contributed by atoms with Gasteiger partial charge in [0, 0.05) is 30.1 Å². The molecule has 0 aliphatic rings. The van der Waals surface area contributed by atoms with Crippen LogP contribution in [0.15, 0.2) is 53.2 Å². The van der Waals surface area contributed by atoms with Crippen molar-refractivity contribution in [2.75, 3.05) is 39.6 Å². The number of hydrogen-bond donors (Lipinski definition) is 2. The number of carbonyl (C=O) groups is 1. The van der Waals surface area contributed by atoms with Gasteiger partial charge in [0.05, 0.1) is 18.8 Å². The van der Waals surface area contributed by atoms with Crippen molar-refractivity contribution < 1.29 is 13.9 Å². The summed E-state index contributed by atoms with van der Waals surface area (Å²) in [6, 6.07) is 11.3. The second kappa shape index (κ2) is 8.38. The molecule has 3 aromatic heterocycles. The van der Waals surface area contributed by atoms with Crippen LogP contribution in [0, 0.1) is 0 Å². The molecule has 0 unspecified atom stereocenters. The SMILES string of the molecule is COc1cccc2nc(Nc3c(C(=O)NCCN(C)C)oc4cnccc34)ccc12. The van der Waals surface area contributed by atoms with E-state index in [1.807, 2.05) is 55.4 Å². The maximum atomic E-state index is 12.8. The predicted molar refractivity (Wildman–Crippen MR) is 116 cm³/mol. The number of ether oxygens (including phenoxy) is 1. The van der Waals surface area contributed by atoms with Crippen LogP contribution < -0.4 is 15.4 Å². The Labute approximate surface area is 173 Å². The van der Waals surface area contributed by atoms with Crippen LogP contribution in [0.5, 0.6) is 5.75 Å². The van der Waals surface area contributed by atoms with Crippen molar-refractivity contribution in [3.8, 4) is 5.75 Å². The molecule has 0 saturated carbocycles. The number of nitrogens with one attached hydrogen (secondary N) is 2. The zero-order chi connectivity index (χ0) is 21.1. The molecule has 0 bridgehead atoms. The summed E-state index contributed by atoms with van der Waals surface area (Å²) >= 11 is 0. The molecule has 0 radical (unpaired) electrons. The Morgan fingerprint density at radius 1 is 1.17 bits per heavy atom. The molecule has 8 nitrogen and oxygen atoms in total. The lowest BCUT2D eigenvalue weighted by atomic mass is 10.2. The van der Waals surface area contributed by atoms with E-state index in [1.165, 1.54) is 0 Å². The maximum Gasteiger partial charge on any atom is 0.289 e. The third-order valence-electron chi connectivity index (χ3n) is 4.71. The van der Waals surface area contributed by atoms with Crippen molar-refractivity contribution in [2.45, 2.75) is 0 Å². The van der Waals surface area contributed by atoms with Crippen molar-refractivity contribution in [3.05, 3.63) is 54.6 Å². The van der Waals surface area contributed by atoms with E-state index < -0.39 is 0 Å². The lowest BCUT2D eigenvalue weighted by Crippen LogP contribution is -2.31. The Morgan fingerprint density at radius 2 is 2.03 bits per heavy atom. The first-order chi connectivity index (χ1) is 14.6. The van der Waals surface area contributed by atoms with Crippen LogP contribution in [0.2, 0.25) is 0 Å². The van der Waals surface area contributed by atoms with E-state index in [9.17, 15) is 4.79 Å². The van der Waals surface area contributed by atoms with Gasteiger partial charge in [0.1, 0.15) is 17.3 Å². The van der Waals surface area contributed by atoms with Crippen molar-refractivity contribution in [1.82, 2.24) is 20.2 Å². The molecule has 3 heterocycles. The smallest absolute Gasteiger partial charge is 0.289 e. The Hall–Kier alpha value is -3.65. The number of aromatic nitrogens is 2. The highest BCUT2D eigenvalue weighted by Crippen LogP contribution is 2.33. The molecule has 0 fully saturated rings. The molecule has 154 valence electrons. The predicted octanol–water partition coefficient (Wildman–Crippen LogP) is 3.42. The van der Waals surface area contributed by atoms with Crippen LogP contribution in [0.3, 0.4) is 0 Å². The Morgan fingerprint density at radius 3 is 2.83 bits per heavy atom. The molecule has 4 rings (SSSR count). The molecular formula is C22H23N5O3. The van der Waals surface area contributed by atoms with Crippen LogP contribution in [-0.4, -0.2) is 55.1 Å². The number of methoxy groups -OCH3 is 1. The average Bonchev–Trinajstić information content (AvgIpc) is 3.11. The average molecular weight is 405 g/mol. The Kier molecular flexibility index (Phi) is 5.49. The molecule has 2 N–H and O–H groups in total. The first-order valence-electron chi connectivity index (χ1n) is 9.57. The number of hydrogen-bond acceptors (Lipinski definition) is 7. The molecule has 1 amide bonds. The largest absolute Gasteiger partial charge is 0.496 e. The van der Waals surface area contributed by atoms with Crippen molar-refractivity contribution >= 4 is 39.3 Å². The zero-order valence-electron chi connectivity index (χ0n) is 17.1. The fraction of sp³-hybridized carbons (Fsp3) is 0.227. The minimum atomic E-state index is -0.294. The molecule has 0 saturated heterocycles. The summed E-state index contributed by atoms with van der Waals surface area (Å²) in [5, 5.41) is 7.82. The number of fused-ring (bicyclic) bond motifs is 2. The summed E-state index contributed by atoms with van der Waals surface area (Å²) in [5.41, 5.74) is 1.87. The third-order valence-corrected chi connectivity index (χ3v) is 4.71. The van der Waals surface area contributed by atoms with Crippen LogP contribution in [0.1, 0.15) is 10.6 Å². The molecule has 0 aliphatic heterocycles. The molecule has 0 aliphatic carbocycles. The summed E-state index contributed by atoms with van der Waals surface area (Å²) in [6.45, 7) is 1.24. The van der Waals surface area contributed by atoms with Gasteiger partial charge in [-0.3, -0.25) is 9.78 Å². The minimum Gasteiger partial charge on any atom is -0.496 e. The Bertz CT molecular complexity index is 1200. The highest BCUT2D eigenvalue weighted by molar-refractivity contribution is 6.07. The highest BCUT2D eigenvalue weighted by Gasteiger charge is 2.21. The van der Waals surface area contributed by atoms with Gasteiger partial charge in [-0.05, 0) is 44.4 Å². The van der Waals surface area contributed by atoms with Gasteiger partial charge in [0.25, 0.3) is 5.91 Å². The highest BCUT2D eigenvalue weighted by atomic mass is 16.5. The second-order valence-corrected chi connectivity index (χ2v) is 7.09. The molecule has 1 aromatic carbocycles. The van der Waals surface area contributed by atoms with Crippen molar-refractivity contribution in [1.29, 1.82) is 0 Å². The van der Waals surface area contributed by atoms with Crippen LogP contribution in [0.4, 0.5) is 11.5 Å². The molecule has 30 heavy (non-hydrogen) atoms. The minimum absolute atomic E-state index is 0.198. The standard InChI is InChI=1S/C22H23N5O3/c1-27(2)12-11-24-22(28)21-20(15-9-10-23-13-18(15)30-21)26-19-8-7-14-16(25-19)5-4-6-17(14)29-3/h4-10,13H,11-12H2,1-3H3,(H,24,28)(H,25,26). The second-order valence-electron chi connectivity index (χ2n) is 7.09. The monoisotopic (exact) mass is 405 g/mol. The van der Waals surface area contributed by atoms with Crippen LogP contribution >= 0.6 is 0 Å². The van der Waals surface area contributed by atoms with Gasteiger partial charge < -0.3 is 24.7 Å². The fourth-order valence-electron chi connectivity index (χ4n) is 3.21. The molecule has 8 heteroatoms. The number of furan rings is 1. The number of carbonyl (C=O) groups excluding carboxylic acids is 1. The summed E-state index contributed by atoms with van der Waals surface area (Å²) in [5.74, 6) is 1.26. The quantitative estimate of drug-likeness (QED) is 0.487. The van der Waals surface area contributed by atoms with Gasteiger partial charge >= 0.3 is 0 Å². The van der Waals surface area contributed by atoms with Gasteiger partial charge in [-0.2, -0.15) is 0 Å². The lowest BCUT2D eigenvalue weighted by molar-refractivity contribution is 0.0926. The van der Waals surface area contributed by atoms with Gasteiger partial charge in [0.2, 0.25) is 5.76 Å². The number of nitrogens with zero attached hydrogens (tertiary/aromatic N) is 3. The van der Waals surface area contributed by atoms with Crippen LogP contribution in [-0.2, 0) is 0 Å². The van der Waals surface area contributed by atoms with Crippen molar-refractivity contribution in [3.63, 3.8) is 0 Å². The first kappa shape index (κ1) is 19.7. The molecule has 0 atom stereocenters. The third kappa shape index (κ3) is 3.90. The number of benzene rings is 1. The van der Waals surface area contributed by atoms with E-state index in [1.54, 1.807) is 19.5 Å². The fourth-order valence-corrected chi connectivity index (χ4v) is 3.21. The topological polar surface area (TPSA) is 92.5 Å². The number of rotatable bonds is 7. The number of likely N-dealkylation sites (N-methyl/N-ethyl adjacent to an activating group) is 1.